The van der Waals surface area contributed by atoms with Crippen LogP contribution >= 0.6 is 0 Å². The second-order valence-electron chi connectivity index (χ2n) is 5.64. The van der Waals surface area contributed by atoms with Crippen molar-refractivity contribution in [3.05, 3.63) is 90.3 Å². The van der Waals surface area contributed by atoms with Crippen LogP contribution in [0.15, 0.2) is 79.1 Å². The smallest absolute Gasteiger partial charge is 0.262 e. The monoisotopic (exact) mass is 339 g/mol. The number of aromatic nitrogens is 2. The van der Waals surface area contributed by atoms with E-state index in [1.807, 2.05) is 36.4 Å². The molecule has 4 rings (SSSR count). The van der Waals surface area contributed by atoms with Crippen molar-refractivity contribution in [3.8, 4) is 17.7 Å². The third-order valence-electron chi connectivity index (χ3n) is 4.01. The Morgan fingerprint density at radius 3 is 2.69 bits per heavy atom. The van der Waals surface area contributed by atoms with Crippen molar-refractivity contribution >= 4 is 16.8 Å². The second kappa shape index (κ2) is 6.54. The maximum Gasteiger partial charge on any atom is 0.262 e. The Bertz CT molecular complexity index is 1140. The number of hydrogen-bond acceptors (Lipinski definition) is 4. The topological polar surface area (TPSA) is 67.9 Å². The second-order valence-corrected chi connectivity index (χ2v) is 5.64. The van der Waals surface area contributed by atoms with Gasteiger partial charge in [-0.2, -0.15) is 5.26 Å². The molecule has 4 aromatic rings. The van der Waals surface area contributed by atoms with Crippen molar-refractivity contribution in [2.75, 3.05) is 0 Å². The molecule has 0 spiro atoms. The fourth-order valence-electron chi connectivity index (χ4n) is 2.77. The van der Waals surface area contributed by atoms with Gasteiger partial charge in [0, 0.05) is 29.4 Å². The molecule has 5 heteroatoms. The zero-order chi connectivity index (χ0) is 17.9. The van der Waals surface area contributed by atoms with Crippen LogP contribution in [0.1, 0.15) is 15.9 Å². The van der Waals surface area contributed by atoms with Crippen LogP contribution in [-0.2, 0) is 0 Å². The molecule has 0 saturated carbocycles. The van der Waals surface area contributed by atoms with Crippen LogP contribution < -0.4 is 4.74 Å². The molecule has 2 aromatic carbocycles. The average molecular weight is 339 g/mol. The standard InChI is InChI=1S/C21H13N3O2/c22-14-15-9-11-23-20(13-15)26-19-8-4-7-18-17(19)10-12-24(18)21(25)16-5-2-1-3-6-16/h1-13H. The van der Waals surface area contributed by atoms with Gasteiger partial charge in [0.2, 0.25) is 5.88 Å². The SMILES string of the molecule is N#Cc1ccnc(Oc2cccc3c2ccn3C(=O)c2ccccc2)c1. The summed E-state index contributed by atoms with van der Waals surface area (Å²) in [7, 11) is 0. The molecule has 2 heterocycles. The summed E-state index contributed by atoms with van der Waals surface area (Å²) in [4.78, 5) is 16.9. The van der Waals surface area contributed by atoms with Gasteiger partial charge in [-0.25, -0.2) is 4.98 Å². The number of carbonyl (C=O) groups is 1. The Hall–Kier alpha value is -3.91. The maximum atomic E-state index is 12.7. The summed E-state index contributed by atoms with van der Waals surface area (Å²) < 4.78 is 7.44. The predicted molar refractivity (Wildman–Crippen MR) is 97.1 cm³/mol. The van der Waals surface area contributed by atoms with Crippen LogP contribution in [0.5, 0.6) is 11.6 Å². The van der Waals surface area contributed by atoms with Gasteiger partial charge in [-0.1, -0.05) is 24.3 Å². The highest BCUT2D eigenvalue weighted by Crippen LogP contribution is 2.30. The molecule has 0 N–H and O–H groups in total. The maximum absolute atomic E-state index is 12.7. The Labute approximate surface area is 149 Å². The minimum atomic E-state index is -0.109. The quantitative estimate of drug-likeness (QED) is 0.555. The van der Waals surface area contributed by atoms with Gasteiger partial charge in [-0.15, -0.1) is 0 Å². The van der Waals surface area contributed by atoms with Crippen molar-refractivity contribution in [2.45, 2.75) is 0 Å². The van der Waals surface area contributed by atoms with E-state index in [1.54, 1.807) is 41.1 Å². The lowest BCUT2D eigenvalue weighted by molar-refractivity contribution is 0.0965. The van der Waals surface area contributed by atoms with Crippen molar-refractivity contribution in [1.82, 2.24) is 9.55 Å². The minimum absolute atomic E-state index is 0.109. The average Bonchev–Trinajstić information content (AvgIpc) is 3.13. The van der Waals surface area contributed by atoms with Gasteiger partial charge in [0.15, 0.2) is 0 Å². The molecule has 0 saturated heterocycles. The summed E-state index contributed by atoms with van der Waals surface area (Å²) in [6.45, 7) is 0. The van der Waals surface area contributed by atoms with E-state index in [9.17, 15) is 4.79 Å². The first kappa shape index (κ1) is 15.6. The molecule has 2 aromatic heterocycles. The highest BCUT2D eigenvalue weighted by atomic mass is 16.5. The van der Waals surface area contributed by atoms with Crippen LogP contribution in [-0.4, -0.2) is 15.5 Å². The highest BCUT2D eigenvalue weighted by Gasteiger charge is 2.14. The Kier molecular flexibility index (Phi) is 3.92. The molecule has 0 aliphatic rings. The molecule has 0 bridgehead atoms. The van der Waals surface area contributed by atoms with Gasteiger partial charge in [-0.3, -0.25) is 9.36 Å². The van der Waals surface area contributed by atoms with E-state index in [2.05, 4.69) is 11.1 Å². The molecule has 26 heavy (non-hydrogen) atoms. The number of pyridine rings is 1. The molecular formula is C21H13N3O2. The number of ether oxygens (including phenoxy) is 1. The van der Waals surface area contributed by atoms with Crippen LogP contribution in [0, 0.1) is 11.3 Å². The molecule has 0 aliphatic heterocycles. The summed E-state index contributed by atoms with van der Waals surface area (Å²) >= 11 is 0. The number of carbonyl (C=O) groups excluding carboxylic acids is 1. The number of nitrogens with zero attached hydrogens (tertiary/aromatic N) is 3. The van der Waals surface area contributed by atoms with Gasteiger partial charge in [-0.05, 0) is 36.4 Å². The summed E-state index contributed by atoms with van der Waals surface area (Å²) in [5, 5.41) is 9.79. The van der Waals surface area contributed by atoms with Crippen molar-refractivity contribution in [3.63, 3.8) is 0 Å². The number of nitriles is 1. The largest absolute Gasteiger partial charge is 0.438 e. The summed E-state index contributed by atoms with van der Waals surface area (Å²) in [6.07, 6.45) is 3.25. The summed E-state index contributed by atoms with van der Waals surface area (Å²) in [5.74, 6) is 0.797. The number of fused-ring (bicyclic) bond motifs is 1. The first-order valence-corrected chi connectivity index (χ1v) is 8.00. The number of benzene rings is 2. The summed E-state index contributed by atoms with van der Waals surface area (Å²) in [5.41, 5.74) is 1.83. The normalized spacial score (nSPS) is 10.4. The van der Waals surface area contributed by atoms with Crippen LogP contribution in [0.3, 0.4) is 0 Å². The lowest BCUT2D eigenvalue weighted by atomic mass is 10.2. The fraction of sp³-hybridized carbons (Fsp3) is 0. The molecule has 0 fully saturated rings. The predicted octanol–water partition coefficient (Wildman–Crippen LogP) is 4.39. The third kappa shape index (κ3) is 2.80. The Balaban J connectivity index is 1.74. The molecular weight excluding hydrogens is 326 g/mol. The van der Waals surface area contributed by atoms with Gasteiger partial charge >= 0.3 is 0 Å². The molecule has 0 aliphatic carbocycles. The molecule has 0 amide bonds. The van der Waals surface area contributed by atoms with Crippen LogP contribution in [0.2, 0.25) is 0 Å². The van der Waals surface area contributed by atoms with Crippen molar-refractivity contribution in [1.29, 1.82) is 5.26 Å². The van der Waals surface area contributed by atoms with Gasteiger partial charge in [0.25, 0.3) is 5.91 Å². The zero-order valence-electron chi connectivity index (χ0n) is 13.7. The lowest BCUT2D eigenvalue weighted by Crippen LogP contribution is -2.10. The van der Waals surface area contributed by atoms with E-state index in [0.29, 0.717) is 22.8 Å². The van der Waals surface area contributed by atoms with Crippen molar-refractivity contribution < 1.29 is 9.53 Å². The third-order valence-corrected chi connectivity index (χ3v) is 4.01. The van der Waals surface area contributed by atoms with E-state index in [1.165, 1.54) is 6.20 Å². The molecule has 5 nitrogen and oxygen atoms in total. The Morgan fingerprint density at radius 2 is 1.88 bits per heavy atom. The highest BCUT2D eigenvalue weighted by molar-refractivity contribution is 6.03. The fourth-order valence-corrected chi connectivity index (χ4v) is 2.77. The zero-order valence-corrected chi connectivity index (χ0v) is 13.7. The first-order valence-electron chi connectivity index (χ1n) is 8.00. The van der Waals surface area contributed by atoms with Gasteiger partial charge < -0.3 is 4.74 Å². The summed E-state index contributed by atoms with van der Waals surface area (Å²) in [6, 6.07) is 21.7. The van der Waals surface area contributed by atoms with E-state index in [0.717, 1.165) is 10.9 Å². The van der Waals surface area contributed by atoms with E-state index in [4.69, 9.17) is 10.00 Å². The first-order chi connectivity index (χ1) is 12.8. The molecule has 0 unspecified atom stereocenters. The molecule has 0 radical (unpaired) electrons. The number of rotatable bonds is 3. The molecule has 0 atom stereocenters. The van der Waals surface area contributed by atoms with Gasteiger partial charge in [0.05, 0.1) is 17.1 Å². The Morgan fingerprint density at radius 1 is 1.04 bits per heavy atom. The van der Waals surface area contributed by atoms with Gasteiger partial charge in [0.1, 0.15) is 5.75 Å². The van der Waals surface area contributed by atoms with E-state index < -0.39 is 0 Å². The van der Waals surface area contributed by atoms with Crippen LogP contribution in [0.25, 0.3) is 10.9 Å². The van der Waals surface area contributed by atoms with Crippen LogP contribution in [0.4, 0.5) is 0 Å². The van der Waals surface area contributed by atoms with E-state index >= 15 is 0 Å². The molecule has 124 valence electrons. The number of hydrogen-bond donors (Lipinski definition) is 0. The van der Waals surface area contributed by atoms with Crippen molar-refractivity contribution in [2.24, 2.45) is 0 Å². The minimum Gasteiger partial charge on any atom is -0.438 e. The lowest BCUT2D eigenvalue weighted by Gasteiger charge is -2.08. The van der Waals surface area contributed by atoms with E-state index in [-0.39, 0.29) is 5.91 Å².